The predicted molar refractivity (Wildman–Crippen MR) is 69.6 cm³/mol. The maximum atomic E-state index is 7.60. The first-order valence-electron chi connectivity index (χ1n) is 6.35. The van der Waals surface area contributed by atoms with Gasteiger partial charge in [-0.05, 0) is 55.3 Å². The molecule has 4 rings (SSSR count). The van der Waals surface area contributed by atoms with Gasteiger partial charge in [0.05, 0.1) is 0 Å². The molecule has 2 unspecified atom stereocenters. The summed E-state index contributed by atoms with van der Waals surface area (Å²) in [7, 11) is 0. The largest absolute Gasteiger partial charge is 0.379 e. The molecule has 0 radical (unpaired) electrons. The second kappa shape index (κ2) is 2.98. The molecule has 2 nitrogen and oxygen atoms in total. The average Bonchev–Trinajstić information content (AvgIpc) is 1.91. The Morgan fingerprint density at radius 3 is 2.12 bits per heavy atom. The molecule has 4 saturated carbocycles. The van der Waals surface area contributed by atoms with Crippen LogP contribution in [0.3, 0.4) is 0 Å². The maximum Gasteiger partial charge on any atom is 0.151 e. The lowest BCUT2D eigenvalue weighted by Gasteiger charge is -2.65. The van der Waals surface area contributed by atoms with E-state index in [1.165, 1.54) is 38.5 Å². The highest BCUT2D eigenvalue weighted by molar-refractivity contribution is 8.14. The highest BCUT2D eigenvalue weighted by Gasteiger charge is 2.60. The van der Waals surface area contributed by atoms with Crippen LogP contribution in [0.2, 0.25) is 0 Å². The lowest BCUT2D eigenvalue weighted by atomic mass is 9.45. The summed E-state index contributed by atoms with van der Waals surface area (Å²) in [6.07, 6.45) is 8.12. The van der Waals surface area contributed by atoms with Crippen LogP contribution in [-0.4, -0.2) is 9.91 Å². The Hall–Kier alpha value is -0.180. The first-order valence-corrected chi connectivity index (χ1v) is 7.17. The quantitative estimate of drug-likeness (QED) is 0.543. The average molecular weight is 238 g/mol. The van der Waals surface area contributed by atoms with Crippen molar-refractivity contribution in [2.24, 2.45) is 22.5 Å². The number of hydrogen-bond donors (Lipinski definition) is 2. The zero-order valence-electron chi connectivity index (χ0n) is 10.3. The minimum Gasteiger partial charge on any atom is -0.379 e. The molecule has 4 fully saturated rings. The third-order valence-corrected chi connectivity index (χ3v) is 6.01. The Labute approximate surface area is 102 Å². The van der Waals surface area contributed by atoms with E-state index < -0.39 is 0 Å². The van der Waals surface area contributed by atoms with Gasteiger partial charge in [0.25, 0.3) is 0 Å². The molecule has 4 atom stereocenters. The molecule has 3 N–H and O–H groups in total. The summed E-state index contributed by atoms with van der Waals surface area (Å²) in [6.45, 7) is 4.93. The normalized spacial score (nSPS) is 54.2. The summed E-state index contributed by atoms with van der Waals surface area (Å²) in [5, 5.41) is 7.93. The van der Waals surface area contributed by atoms with Gasteiger partial charge < -0.3 is 5.73 Å². The van der Waals surface area contributed by atoms with E-state index >= 15 is 0 Å². The number of nitrogens with one attached hydrogen (secondary N) is 1. The zero-order chi connectivity index (χ0) is 11.6. The first-order chi connectivity index (χ1) is 7.32. The van der Waals surface area contributed by atoms with Gasteiger partial charge >= 0.3 is 0 Å². The van der Waals surface area contributed by atoms with Gasteiger partial charge in [-0.25, -0.2) is 0 Å². The Bertz CT molecular complexity index is 334. The molecule has 4 aliphatic rings. The van der Waals surface area contributed by atoms with Crippen molar-refractivity contribution in [3.63, 3.8) is 0 Å². The van der Waals surface area contributed by atoms with Gasteiger partial charge in [-0.15, -0.1) is 0 Å². The second-order valence-corrected chi connectivity index (χ2v) is 8.79. The molecule has 4 bridgehead atoms. The van der Waals surface area contributed by atoms with Gasteiger partial charge in [0.1, 0.15) is 0 Å². The minimum absolute atomic E-state index is 0.314. The van der Waals surface area contributed by atoms with Crippen LogP contribution in [0.5, 0.6) is 0 Å². The lowest BCUT2D eigenvalue weighted by molar-refractivity contribution is -0.0774. The van der Waals surface area contributed by atoms with Crippen molar-refractivity contribution in [3.05, 3.63) is 0 Å². The van der Waals surface area contributed by atoms with E-state index in [-0.39, 0.29) is 0 Å². The van der Waals surface area contributed by atoms with Crippen molar-refractivity contribution in [2.45, 2.75) is 57.1 Å². The highest BCUT2D eigenvalue weighted by Crippen LogP contribution is 2.69. The van der Waals surface area contributed by atoms with Gasteiger partial charge in [-0.3, -0.25) is 5.41 Å². The van der Waals surface area contributed by atoms with Crippen molar-refractivity contribution >= 4 is 16.9 Å². The summed E-state index contributed by atoms with van der Waals surface area (Å²) >= 11 is 1.67. The van der Waals surface area contributed by atoms with E-state index in [2.05, 4.69) is 13.8 Å². The highest BCUT2D eigenvalue weighted by atomic mass is 32.2. The molecule has 0 aromatic carbocycles. The molecule has 0 spiro atoms. The number of nitrogens with two attached hydrogens (primary N) is 1. The Morgan fingerprint density at radius 1 is 1.12 bits per heavy atom. The predicted octanol–water partition coefficient (Wildman–Crippen LogP) is 3.36. The Balaban J connectivity index is 1.95. The van der Waals surface area contributed by atoms with Crippen molar-refractivity contribution in [1.82, 2.24) is 0 Å². The van der Waals surface area contributed by atoms with Crippen LogP contribution < -0.4 is 5.73 Å². The fourth-order valence-corrected chi connectivity index (χ4v) is 7.32. The molecule has 0 heterocycles. The van der Waals surface area contributed by atoms with Crippen LogP contribution in [-0.2, 0) is 0 Å². The molecule has 90 valence electrons. The van der Waals surface area contributed by atoms with Crippen LogP contribution in [0.4, 0.5) is 0 Å². The zero-order valence-corrected chi connectivity index (χ0v) is 11.1. The van der Waals surface area contributed by atoms with Crippen molar-refractivity contribution in [2.75, 3.05) is 0 Å². The number of thioether (sulfide) groups is 1. The van der Waals surface area contributed by atoms with E-state index in [4.69, 9.17) is 11.1 Å². The maximum absolute atomic E-state index is 7.60. The van der Waals surface area contributed by atoms with E-state index in [0.717, 1.165) is 5.92 Å². The number of hydrogen-bond acceptors (Lipinski definition) is 2. The summed E-state index contributed by atoms with van der Waals surface area (Å²) in [4.78, 5) is 0. The number of rotatable bonds is 1. The van der Waals surface area contributed by atoms with Gasteiger partial charge in [0, 0.05) is 4.75 Å². The summed E-state index contributed by atoms with van der Waals surface area (Å²) < 4.78 is 0.314. The smallest absolute Gasteiger partial charge is 0.151 e. The summed E-state index contributed by atoms with van der Waals surface area (Å²) in [5.74, 6) is 0.901. The molecule has 0 amide bonds. The van der Waals surface area contributed by atoms with Crippen molar-refractivity contribution in [1.29, 1.82) is 5.41 Å². The van der Waals surface area contributed by atoms with Crippen molar-refractivity contribution in [3.8, 4) is 0 Å². The summed E-state index contributed by atoms with van der Waals surface area (Å²) in [6, 6.07) is 0. The Kier molecular flexibility index (Phi) is 2.04. The monoisotopic (exact) mass is 238 g/mol. The molecule has 0 aromatic heterocycles. The molecule has 0 aromatic rings. The molecule has 0 aliphatic heterocycles. The van der Waals surface area contributed by atoms with Crippen LogP contribution in [0.25, 0.3) is 0 Å². The minimum atomic E-state index is 0.314. The van der Waals surface area contributed by atoms with Crippen LogP contribution >= 0.6 is 11.8 Å². The fraction of sp³-hybridized carbons (Fsp3) is 0.923. The van der Waals surface area contributed by atoms with Gasteiger partial charge in [0.15, 0.2) is 5.17 Å². The topological polar surface area (TPSA) is 49.9 Å². The van der Waals surface area contributed by atoms with Crippen molar-refractivity contribution < 1.29 is 0 Å². The third kappa shape index (κ3) is 1.59. The lowest BCUT2D eigenvalue weighted by Crippen LogP contribution is -2.57. The van der Waals surface area contributed by atoms with Crippen LogP contribution in [0.1, 0.15) is 52.4 Å². The fourth-order valence-electron chi connectivity index (χ4n) is 5.69. The van der Waals surface area contributed by atoms with E-state index in [1.807, 2.05) is 0 Å². The SMILES string of the molecule is C[C@]12CC3CC(SC(=N)N)(C1)C[C@@](C)(C3)C2. The molecule has 3 heteroatoms. The molecule has 4 aliphatic carbocycles. The molecular weight excluding hydrogens is 216 g/mol. The second-order valence-electron chi connectivity index (χ2n) is 7.28. The van der Waals surface area contributed by atoms with Gasteiger partial charge in [-0.2, -0.15) is 0 Å². The van der Waals surface area contributed by atoms with Crippen LogP contribution in [0, 0.1) is 22.2 Å². The molecular formula is C13H22N2S. The number of amidine groups is 1. The molecule has 16 heavy (non-hydrogen) atoms. The third-order valence-electron chi connectivity index (χ3n) is 4.90. The van der Waals surface area contributed by atoms with Gasteiger partial charge in [-0.1, -0.05) is 25.6 Å². The Morgan fingerprint density at radius 2 is 1.69 bits per heavy atom. The van der Waals surface area contributed by atoms with Gasteiger partial charge in [0.2, 0.25) is 0 Å². The van der Waals surface area contributed by atoms with E-state index in [9.17, 15) is 0 Å². The van der Waals surface area contributed by atoms with E-state index in [0.29, 0.717) is 20.7 Å². The summed E-state index contributed by atoms with van der Waals surface area (Å²) in [5.41, 5.74) is 6.72. The first kappa shape index (κ1) is 10.9. The van der Waals surface area contributed by atoms with Crippen LogP contribution in [0.15, 0.2) is 0 Å². The van der Waals surface area contributed by atoms with E-state index in [1.54, 1.807) is 11.8 Å². The molecule has 0 saturated heterocycles. The standard InChI is InChI=1S/C13H22N2S/c1-11-3-9-4-12(2,6-11)8-13(5-9,7-11)16-10(14)15/h9H,3-8H2,1-2H3,(H3,14,15)/t9?,11-,12+,13?.